The number of anilines is 1. The summed E-state index contributed by atoms with van der Waals surface area (Å²) in [5.41, 5.74) is 1.30. The third-order valence-corrected chi connectivity index (χ3v) is 3.43. The summed E-state index contributed by atoms with van der Waals surface area (Å²) in [6, 6.07) is 9.78. The summed E-state index contributed by atoms with van der Waals surface area (Å²) >= 11 is 0. The van der Waals surface area contributed by atoms with Gasteiger partial charge >= 0.3 is 0 Å². The molecule has 0 aromatic heterocycles. The molecule has 17 heavy (non-hydrogen) atoms. The monoisotopic (exact) mass is 230 g/mol. The molecule has 0 amide bonds. The van der Waals surface area contributed by atoms with Crippen LogP contribution in [0.25, 0.3) is 0 Å². The first kappa shape index (κ1) is 11.9. The normalized spacial score (nSPS) is 25.1. The zero-order valence-corrected chi connectivity index (χ0v) is 10.2. The van der Waals surface area contributed by atoms with E-state index in [2.05, 4.69) is 11.0 Å². The predicted octanol–water partition coefficient (Wildman–Crippen LogP) is 2.30. The molecule has 0 radical (unpaired) electrons. The largest absolute Gasteiger partial charge is 0.390 e. The Morgan fingerprint density at radius 2 is 1.94 bits per heavy atom. The van der Waals surface area contributed by atoms with E-state index in [9.17, 15) is 5.11 Å². The molecule has 3 nitrogen and oxygen atoms in total. The highest BCUT2D eigenvalue weighted by molar-refractivity contribution is 5.49. The maximum absolute atomic E-state index is 10.0. The molecule has 1 aliphatic heterocycles. The number of hydrogen-bond donors (Lipinski definition) is 1. The fourth-order valence-electron chi connectivity index (χ4n) is 2.27. The van der Waals surface area contributed by atoms with Crippen molar-refractivity contribution in [2.45, 2.75) is 31.8 Å². The van der Waals surface area contributed by atoms with Crippen molar-refractivity contribution in [2.24, 2.45) is 0 Å². The summed E-state index contributed by atoms with van der Waals surface area (Å²) in [6.07, 6.45) is 2.67. The average Bonchev–Trinajstić information content (AvgIpc) is 2.50. The Hall–Kier alpha value is -1.53. The van der Waals surface area contributed by atoms with Crippen LogP contribution in [0, 0.1) is 11.3 Å². The van der Waals surface area contributed by atoms with Crippen LogP contribution in [-0.4, -0.2) is 23.8 Å². The van der Waals surface area contributed by atoms with Crippen LogP contribution in [0.4, 0.5) is 5.69 Å². The van der Waals surface area contributed by atoms with E-state index >= 15 is 0 Å². The first-order chi connectivity index (χ1) is 8.11. The standard InChI is InChI=1S/C14H18N2O/c1-14(17)7-2-9-16(10-8-14)13-5-3-12(11-15)4-6-13/h3-6,17H,2,7-10H2,1H3. The molecule has 1 aromatic rings. The third-order valence-electron chi connectivity index (χ3n) is 3.43. The lowest BCUT2D eigenvalue weighted by molar-refractivity contribution is 0.0481. The second-order valence-corrected chi connectivity index (χ2v) is 5.00. The van der Waals surface area contributed by atoms with Crippen molar-refractivity contribution in [3.8, 4) is 6.07 Å². The highest BCUT2D eigenvalue weighted by atomic mass is 16.3. The molecule has 1 fully saturated rings. The molecule has 90 valence electrons. The van der Waals surface area contributed by atoms with Crippen LogP contribution >= 0.6 is 0 Å². The second kappa shape index (κ2) is 4.77. The quantitative estimate of drug-likeness (QED) is 0.805. The molecule has 1 atom stereocenters. The highest BCUT2D eigenvalue weighted by Gasteiger charge is 2.24. The van der Waals surface area contributed by atoms with E-state index in [0.717, 1.165) is 38.0 Å². The minimum absolute atomic E-state index is 0.526. The van der Waals surface area contributed by atoms with Crippen LogP contribution in [0.5, 0.6) is 0 Å². The number of hydrogen-bond acceptors (Lipinski definition) is 3. The smallest absolute Gasteiger partial charge is 0.0991 e. The van der Waals surface area contributed by atoms with Crippen LogP contribution in [0.1, 0.15) is 31.7 Å². The Bertz CT molecular complexity index is 417. The van der Waals surface area contributed by atoms with Crippen LogP contribution in [0.3, 0.4) is 0 Å². The van der Waals surface area contributed by atoms with Gasteiger partial charge in [0, 0.05) is 18.8 Å². The van der Waals surface area contributed by atoms with E-state index in [1.807, 2.05) is 31.2 Å². The fourth-order valence-corrected chi connectivity index (χ4v) is 2.27. The summed E-state index contributed by atoms with van der Waals surface area (Å²) < 4.78 is 0. The molecule has 0 saturated carbocycles. The minimum atomic E-state index is -0.526. The van der Waals surface area contributed by atoms with E-state index < -0.39 is 5.60 Å². The van der Waals surface area contributed by atoms with Crippen molar-refractivity contribution in [3.05, 3.63) is 29.8 Å². The van der Waals surface area contributed by atoms with Gasteiger partial charge in [-0.05, 0) is 50.5 Å². The summed E-state index contributed by atoms with van der Waals surface area (Å²) in [5.74, 6) is 0. The molecule has 3 heteroatoms. The number of rotatable bonds is 1. The van der Waals surface area contributed by atoms with Crippen molar-refractivity contribution < 1.29 is 5.11 Å². The zero-order chi connectivity index (χ0) is 12.3. The van der Waals surface area contributed by atoms with E-state index in [1.165, 1.54) is 0 Å². The molecule has 0 aliphatic carbocycles. The van der Waals surface area contributed by atoms with Gasteiger partial charge in [-0.2, -0.15) is 5.26 Å². The molecular weight excluding hydrogens is 212 g/mol. The summed E-state index contributed by atoms with van der Waals surface area (Å²) in [4.78, 5) is 2.28. The van der Waals surface area contributed by atoms with Gasteiger partial charge in [0.1, 0.15) is 0 Å². The molecule has 1 heterocycles. The molecule has 2 rings (SSSR count). The van der Waals surface area contributed by atoms with Crippen LogP contribution < -0.4 is 4.90 Å². The van der Waals surface area contributed by atoms with E-state index in [1.54, 1.807) is 0 Å². The van der Waals surface area contributed by atoms with Gasteiger partial charge in [0.25, 0.3) is 0 Å². The predicted molar refractivity (Wildman–Crippen MR) is 67.8 cm³/mol. The Kier molecular flexibility index (Phi) is 3.35. The summed E-state index contributed by atoms with van der Waals surface area (Å²) in [6.45, 7) is 3.76. The van der Waals surface area contributed by atoms with Crippen molar-refractivity contribution in [2.75, 3.05) is 18.0 Å². The molecule has 0 bridgehead atoms. The number of nitrogens with zero attached hydrogens (tertiary/aromatic N) is 2. The maximum Gasteiger partial charge on any atom is 0.0991 e. The maximum atomic E-state index is 10.0. The molecule has 1 aliphatic rings. The van der Waals surface area contributed by atoms with Crippen LogP contribution in [-0.2, 0) is 0 Å². The van der Waals surface area contributed by atoms with E-state index in [0.29, 0.717) is 5.56 Å². The van der Waals surface area contributed by atoms with Crippen LogP contribution in [0.15, 0.2) is 24.3 Å². The number of aliphatic hydroxyl groups is 1. The van der Waals surface area contributed by atoms with Gasteiger partial charge in [0.05, 0.1) is 17.2 Å². The van der Waals surface area contributed by atoms with Crippen molar-refractivity contribution in [1.82, 2.24) is 0 Å². The Morgan fingerprint density at radius 1 is 1.24 bits per heavy atom. The van der Waals surface area contributed by atoms with Gasteiger partial charge in [0.15, 0.2) is 0 Å². The lowest BCUT2D eigenvalue weighted by Crippen LogP contribution is -2.28. The highest BCUT2D eigenvalue weighted by Crippen LogP contribution is 2.25. The number of nitriles is 1. The van der Waals surface area contributed by atoms with Gasteiger partial charge in [-0.3, -0.25) is 0 Å². The summed E-state index contributed by atoms with van der Waals surface area (Å²) in [7, 11) is 0. The first-order valence-corrected chi connectivity index (χ1v) is 6.08. The average molecular weight is 230 g/mol. The Morgan fingerprint density at radius 3 is 2.59 bits per heavy atom. The number of benzene rings is 1. The zero-order valence-electron chi connectivity index (χ0n) is 10.2. The van der Waals surface area contributed by atoms with E-state index in [-0.39, 0.29) is 0 Å². The molecule has 1 N–H and O–H groups in total. The first-order valence-electron chi connectivity index (χ1n) is 6.08. The lowest BCUT2D eigenvalue weighted by Gasteiger charge is -2.24. The molecule has 1 aromatic carbocycles. The van der Waals surface area contributed by atoms with Crippen LogP contribution in [0.2, 0.25) is 0 Å². The van der Waals surface area contributed by atoms with Gasteiger partial charge in [0.2, 0.25) is 0 Å². The van der Waals surface area contributed by atoms with Crippen molar-refractivity contribution in [3.63, 3.8) is 0 Å². The summed E-state index contributed by atoms with van der Waals surface area (Å²) in [5, 5.41) is 18.8. The molecule has 1 unspecified atom stereocenters. The topological polar surface area (TPSA) is 47.3 Å². The van der Waals surface area contributed by atoms with Crippen molar-refractivity contribution in [1.29, 1.82) is 5.26 Å². The van der Waals surface area contributed by atoms with Gasteiger partial charge in [-0.15, -0.1) is 0 Å². The second-order valence-electron chi connectivity index (χ2n) is 5.00. The molecular formula is C14H18N2O. The molecule has 0 spiro atoms. The molecule has 1 saturated heterocycles. The van der Waals surface area contributed by atoms with Gasteiger partial charge < -0.3 is 10.0 Å². The fraction of sp³-hybridized carbons (Fsp3) is 0.500. The Labute approximate surface area is 102 Å². The van der Waals surface area contributed by atoms with Gasteiger partial charge in [-0.25, -0.2) is 0 Å². The lowest BCUT2D eigenvalue weighted by atomic mass is 9.98. The minimum Gasteiger partial charge on any atom is -0.390 e. The Balaban J connectivity index is 2.09. The van der Waals surface area contributed by atoms with Crippen molar-refractivity contribution >= 4 is 5.69 Å². The van der Waals surface area contributed by atoms with Gasteiger partial charge in [-0.1, -0.05) is 0 Å². The van der Waals surface area contributed by atoms with E-state index in [4.69, 9.17) is 5.26 Å². The third kappa shape index (κ3) is 2.98. The SMILES string of the molecule is CC1(O)CCCN(c2ccc(C#N)cc2)CC1.